The molecule has 0 unspecified atom stereocenters. The SMILES string of the molecule is C=CCN(CC=C)CCCc1ccc(O)cc1. The molecule has 0 radical (unpaired) electrons. The zero-order valence-electron chi connectivity index (χ0n) is 10.3. The molecule has 0 bridgehead atoms. The second-order valence-corrected chi connectivity index (χ2v) is 4.11. The van der Waals surface area contributed by atoms with Gasteiger partial charge in [0.2, 0.25) is 0 Å². The Kier molecular flexibility index (Phi) is 6.12. The summed E-state index contributed by atoms with van der Waals surface area (Å²) < 4.78 is 0. The molecule has 1 rings (SSSR count). The highest BCUT2D eigenvalue weighted by atomic mass is 16.3. The van der Waals surface area contributed by atoms with E-state index < -0.39 is 0 Å². The molecular formula is C15H21NO. The van der Waals surface area contributed by atoms with Crippen LogP contribution in [0.4, 0.5) is 0 Å². The Morgan fingerprint density at radius 1 is 1.06 bits per heavy atom. The molecule has 1 N–H and O–H groups in total. The Hall–Kier alpha value is -1.54. The van der Waals surface area contributed by atoms with Crippen molar-refractivity contribution in [1.29, 1.82) is 0 Å². The number of aryl methyl sites for hydroxylation is 1. The number of phenols is 1. The van der Waals surface area contributed by atoms with Gasteiger partial charge in [-0.05, 0) is 37.1 Å². The summed E-state index contributed by atoms with van der Waals surface area (Å²) >= 11 is 0. The van der Waals surface area contributed by atoms with Gasteiger partial charge in [-0.15, -0.1) is 13.2 Å². The molecule has 0 spiro atoms. The van der Waals surface area contributed by atoms with Gasteiger partial charge in [0, 0.05) is 13.1 Å². The fourth-order valence-corrected chi connectivity index (χ4v) is 1.79. The minimum absolute atomic E-state index is 0.327. The summed E-state index contributed by atoms with van der Waals surface area (Å²) in [5.41, 5.74) is 1.26. The summed E-state index contributed by atoms with van der Waals surface area (Å²) in [5.74, 6) is 0.327. The zero-order valence-corrected chi connectivity index (χ0v) is 10.3. The number of hydrogen-bond acceptors (Lipinski definition) is 2. The number of nitrogens with zero attached hydrogens (tertiary/aromatic N) is 1. The fourth-order valence-electron chi connectivity index (χ4n) is 1.79. The van der Waals surface area contributed by atoms with Gasteiger partial charge in [0.25, 0.3) is 0 Å². The minimum Gasteiger partial charge on any atom is -0.508 e. The van der Waals surface area contributed by atoms with E-state index >= 15 is 0 Å². The van der Waals surface area contributed by atoms with Crippen LogP contribution in [0.3, 0.4) is 0 Å². The number of rotatable bonds is 8. The maximum Gasteiger partial charge on any atom is 0.115 e. The van der Waals surface area contributed by atoms with Crippen LogP contribution in [-0.4, -0.2) is 29.6 Å². The number of aromatic hydroxyl groups is 1. The van der Waals surface area contributed by atoms with E-state index in [1.54, 1.807) is 12.1 Å². The van der Waals surface area contributed by atoms with Gasteiger partial charge in [-0.25, -0.2) is 0 Å². The molecule has 17 heavy (non-hydrogen) atoms. The fraction of sp³-hybridized carbons (Fsp3) is 0.333. The topological polar surface area (TPSA) is 23.5 Å². The molecule has 0 fully saturated rings. The van der Waals surface area contributed by atoms with Crippen molar-refractivity contribution in [2.45, 2.75) is 12.8 Å². The maximum atomic E-state index is 9.18. The van der Waals surface area contributed by atoms with Gasteiger partial charge in [-0.1, -0.05) is 24.3 Å². The van der Waals surface area contributed by atoms with Crippen LogP contribution in [-0.2, 0) is 6.42 Å². The van der Waals surface area contributed by atoms with Crippen LogP contribution >= 0.6 is 0 Å². The van der Waals surface area contributed by atoms with Crippen molar-refractivity contribution < 1.29 is 5.11 Å². The highest BCUT2D eigenvalue weighted by molar-refractivity contribution is 5.25. The van der Waals surface area contributed by atoms with E-state index in [1.807, 2.05) is 24.3 Å². The first-order chi connectivity index (χ1) is 8.26. The van der Waals surface area contributed by atoms with Gasteiger partial charge in [0.15, 0.2) is 0 Å². The lowest BCUT2D eigenvalue weighted by atomic mass is 10.1. The smallest absolute Gasteiger partial charge is 0.115 e. The molecular weight excluding hydrogens is 210 g/mol. The average Bonchev–Trinajstić information content (AvgIpc) is 2.32. The summed E-state index contributed by atoms with van der Waals surface area (Å²) in [4.78, 5) is 2.31. The molecule has 1 aromatic rings. The summed E-state index contributed by atoms with van der Waals surface area (Å²) in [6, 6.07) is 7.42. The summed E-state index contributed by atoms with van der Waals surface area (Å²) in [6.45, 7) is 10.4. The first kappa shape index (κ1) is 13.5. The standard InChI is InChI=1S/C15H21NO/c1-3-11-16(12-4-2)13-5-6-14-7-9-15(17)10-8-14/h3-4,7-10,17H,1-2,5-6,11-13H2. The quantitative estimate of drug-likeness (QED) is 0.695. The third-order valence-corrected chi connectivity index (χ3v) is 2.65. The van der Waals surface area contributed by atoms with Gasteiger partial charge in [-0.2, -0.15) is 0 Å². The van der Waals surface area contributed by atoms with E-state index in [4.69, 9.17) is 0 Å². The van der Waals surface area contributed by atoms with Gasteiger partial charge in [-0.3, -0.25) is 4.90 Å². The molecule has 0 amide bonds. The molecule has 0 saturated carbocycles. The van der Waals surface area contributed by atoms with E-state index in [2.05, 4.69) is 18.1 Å². The highest BCUT2D eigenvalue weighted by Crippen LogP contribution is 2.11. The third kappa shape index (κ3) is 5.36. The summed E-state index contributed by atoms with van der Waals surface area (Å²) in [7, 11) is 0. The Morgan fingerprint density at radius 3 is 2.18 bits per heavy atom. The zero-order chi connectivity index (χ0) is 12.5. The van der Waals surface area contributed by atoms with Crippen molar-refractivity contribution in [3.63, 3.8) is 0 Å². The van der Waals surface area contributed by atoms with Crippen molar-refractivity contribution in [3.8, 4) is 5.75 Å². The number of benzene rings is 1. The molecule has 0 aliphatic heterocycles. The number of phenolic OH excluding ortho intramolecular Hbond substituents is 1. The molecule has 0 heterocycles. The first-order valence-electron chi connectivity index (χ1n) is 5.98. The third-order valence-electron chi connectivity index (χ3n) is 2.65. The Balaban J connectivity index is 2.32. The molecule has 2 heteroatoms. The van der Waals surface area contributed by atoms with Crippen molar-refractivity contribution in [2.75, 3.05) is 19.6 Å². The molecule has 1 aromatic carbocycles. The molecule has 0 aromatic heterocycles. The molecule has 0 aliphatic rings. The predicted molar refractivity (Wildman–Crippen MR) is 73.3 cm³/mol. The predicted octanol–water partition coefficient (Wildman–Crippen LogP) is 3.00. The van der Waals surface area contributed by atoms with Gasteiger partial charge < -0.3 is 5.11 Å². The Bertz CT molecular complexity index is 332. The Morgan fingerprint density at radius 2 is 1.65 bits per heavy atom. The van der Waals surface area contributed by atoms with Crippen molar-refractivity contribution in [3.05, 3.63) is 55.1 Å². The normalized spacial score (nSPS) is 10.4. The Labute approximate surface area is 104 Å². The minimum atomic E-state index is 0.327. The van der Waals surface area contributed by atoms with Gasteiger partial charge in [0.1, 0.15) is 5.75 Å². The summed E-state index contributed by atoms with van der Waals surface area (Å²) in [5, 5.41) is 9.18. The van der Waals surface area contributed by atoms with Crippen LogP contribution < -0.4 is 0 Å². The molecule has 92 valence electrons. The first-order valence-corrected chi connectivity index (χ1v) is 5.98. The van der Waals surface area contributed by atoms with E-state index in [1.165, 1.54) is 5.56 Å². The van der Waals surface area contributed by atoms with Crippen LogP contribution in [0.15, 0.2) is 49.6 Å². The van der Waals surface area contributed by atoms with Crippen LogP contribution in [0.1, 0.15) is 12.0 Å². The van der Waals surface area contributed by atoms with E-state index in [-0.39, 0.29) is 0 Å². The van der Waals surface area contributed by atoms with Crippen LogP contribution in [0.2, 0.25) is 0 Å². The lowest BCUT2D eigenvalue weighted by molar-refractivity contribution is 0.330. The molecule has 0 aliphatic carbocycles. The average molecular weight is 231 g/mol. The van der Waals surface area contributed by atoms with Crippen LogP contribution in [0.5, 0.6) is 5.75 Å². The van der Waals surface area contributed by atoms with Gasteiger partial charge in [0.05, 0.1) is 0 Å². The van der Waals surface area contributed by atoms with Crippen LogP contribution in [0.25, 0.3) is 0 Å². The molecule has 0 atom stereocenters. The van der Waals surface area contributed by atoms with Crippen molar-refractivity contribution >= 4 is 0 Å². The second kappa shape index (κ2) is 7.69. The molecule has 2 nitrogen and oxygen atoms in total. The van der Waals surface area contributed by atoms with Gasteiger partial charge >= 0.3 is 0 Å². The van der Waals surface area contributed by atoms with Crippen LogP contribution in [0, 0.1) is 0 Å². The van der Waals surface area contributed by atoms with E-state index in [9.17, 15) is 5.11 Å². The second-order valence-electron chi connectivity index (χ2n) is 4.11. The maximum absolute atomic E-state index is 9.18. The highest BCUT2D eigenvalue weighted by Gasteiger charge is 2.00. The lowest BCUT2D eigenvalue weighted by Gasteiger charge is -2.18. The summed E-state index contributed by atoms with van der Waals surface area (Å²) in [6.07, 6.45) is 5.98. The number of hydrogen-bond donors (Lipinski definition) is 1. The van der Waals surface area contributed by atoms with Crippen molar-refractivity contribution in [2.24, 2.45) is 0 Å². The largest absolute Gasteiger partial charge is 0.508 e. The monoisotopic (exact) mass is 231 g/mol. The van der Waals surface area contributed by atoms with Crippen molar-refractivity contribution in [1.82, 2.24) is 4.90 Å². The van der Waals surface area contributed by atoms with E-state index in [0.717, 1.165) is 32.5 Å². The molecule has 0 saturated heterocycles. The van der Waals surface area contributed by atoms with E-state index in [0.29, 0.717) is 5.75 Å². The lowest BCUT2D eigenvalue weighted by Crippen LogP contribution is -2.25.